The first kappa shape index (κ1) is 18.2. The fourth-order valence-corrected chi connectivity index (χ4v) is 3.77. The Kier molecular flexibility index (Phi) is 4.86. The standard InChI is InChI=1S/C22H24N4O2/c1-13(2)11-19(21-24-16-9-5-6-10-17(16)25-21)23-20(27)12-18-14-7-3-4-8-15(14)22(28)26-18/h3-10,13,18-19H,11-12H2,1-2H3,(H,23,27)(H,24,25)(H,26,28). The normalized spacial score (nSPS) is 16.8. The number of H-pyrrole nitrogens is 1. The topological polar surface area (TPSA) is 86.9 Å². The molecule has 1 aliphatic rings. The molecule has 2 unspecified atom stereocenters. The highest BCUT2D eigenvalue weighted by Crippen LogP contribution is 2.28. The van der Waals surface area contributed by atoms with Gasteiger partial charge >= 0.3 is 0 Å². The molecule has 2 aromatic carbocycles. The third-order valence-corrected chi connectivity index (χ3v) is 5.06. The summed E-state index contributed by atoms with van der Waals surface area (Å²) in [6.45, 7) is 4.24. The second-order valence-corrected chi connectivity index (χ2v) is 7.71. The van der Waals surface area contributed by atoms with Crippen molar-refractivity contribution in [3.8, 4) is 0 Å². The highest BCUT2D eigenvalue weighted by Gasteiger charge is 2.30. The second kappa shape index (κ2) is 7.46. The first-order valence-corrected chi connectivity index (χ1v) is 9.65. The molecule has 0 spiro atoms. The fourth-order valence-electron chi connectivity index (χ4n) is 3.77. The van der Waals surface area contributed by atoms with Crippen molar-refractivity contribution in [2.75, 3.05) is 0 Å². The molecule has 2 heterocycles. The maximum absolute atomic E-state index is 12.8. The molecule has 1 aromatic heterocycles. The summed E-state index contributed by atoms with van der Waals surface area (Å²) in [5, 5.41) is 6.02. The fraction of sp³-hybridized carbons (Fsp3) is 0.318. The van der Waals surface area contributed by atoms with Crippen LogP contribution in [0.25, 0.3) is 11.0 Å². The Balaban J connectivity index is 1.51. The average molecular weight is 376 g/mol. The van der Waals surface area contributed by atoms with Crippen LogP contribution in [0.4, 0.5) is 0 Å². The van der Waals surface area contributed by atoms with Gasteiger partial charge in [-0.05, 0) is 36.1 Å². The summed E-state index contributed by atoms with van der Waals surface area (Å²) in [5.74, 6) is 0.932. The van der Waals surface area contributed by atoms with E-state index in [0.717, 1.165) is 28.8 Å². The van der Waals surface area contributed by atoms with Crippen LogP contribution in [0.15, 0.2) is 48.5 Å². The number of fused-ring (bicyclic) bond motifs is 2. The summed E-state index contributed by atoms with van der Waals surface area (Å²) >= 11 is 0. The number of para-hydroxylation sites is 2. The Morgan fingerprint density at radius 2 is 1.89 bits per heavy atom. The van der Waals surface area contributed by atoms with Gasteiger partial charge in [-0.2, -0.15) is 0 Å². The van der Waals surface area contributed by atoms with Crippen LogP contribution >= 0.6 is 0 Å². The van der Waals surface area contributed by atoms with E-state index in [1.165, 1.54) is 0 Å². The van der Waals surface area contributed by atoms with Crippen molar-refractivity contribution in [3.05, 3.63) is 65.5 Å². The van der Waals surface area contributed by atoms with Gasteiger partial charge in [0.1, 0.15) is 5.82 Å². The molecule has 6 heteroatoms. The largest absolute Gasteiger partial charge is 0.346 e. The van der Waals surface area contributed by atoms with Gasteiger partial charge in [0.25, 0.3) is 5.91 Å². The summed E-state index contributed by atoms with van der Waals surface area (Å²) in [5.41, 5.74) is 3.37. The van der Waals surface area contributed by atoms with Crippen molar-refractivity contribution in [2.45, 2.75) is 38.8 Å². The molecule has 0 bridgehead atoms. The average Bonchev–Trinajstić information content (AvgIpc) is 3.23. The van der Waals surface area contributed by atoms with E-state index in [1.54, 1.807) is 6.07 Å². The minimum absolute atomic E-state index is 0.104. The maximum atomic E-state index is 12.8. The van der Waals surface area contributed by atoms with E-state index in [1.807, 2.05) is 42.5 Å². The zero-order chi connectivity index (χ0) is 19.7. The number of imidazole rings is 1. The minimum Gasteiger partial charge on any atom is -0.346 e. The first-order valence-electron chi connectivity index (χ1n) is 9.65. The molecule has 0 saturated heterocycles. The second-order valence-electron chi connectivity index (χ2n) is 7.71. The van der Waals surface area contributed by atoms with Crippen LogP contribution in [0.2, 0.25) is 0 Å². The summed E-state index contributed by atoms with van der Waals surface area (Å²) in [4.78, 5) is 32.9. The summed E-state index contributed by atoms with van der Waals surface area (Å²) < 4.78 is 0. The molecule has 2 atom stereocenters. The maximum Gasteiger partial charge on any atom is 0.252 e. The monoisotopic (exact) mass is 376 g/mol. The lowest BCUT2D eigenvalue weighted by Crippen LogP contribution is -2.33. The van der Waals surface area contributed by atoms with Crippen LogP contribution in [-0.4, -0.2) is 21.8 Å². The molecular weight excluding hydrogens is 352 g/mol. The van der Waals surface area contributed by atoms with E-state index in [4.69, 9.17) is 0 Å². The highest BCUT2D eigenvalue weighted by molar-refractivity contribution is 5.99. The number of nitrogens with zero attached hydrogens (tertiary/aromatic N) is 1. The van der Waals surface area contributed by atoms with Crippen LogP contribution in [0.5, 0.6) is 0 Å². The molecule has 3 N–H and O–H groups in total. The van der Waals surface area contributed by atoms with Crippen LogP contribution in [0, 0.1) is 5.92 Å². The minimum atomic E-state index is -0.293. The lowest BCUT2D eigenvalue weighted by molar-refractivity contribution is -0.122. The Morgan fingerprint density at radius 1 is 1.14 bits per heavy atom. The summed E-state index contributed by atoms with van der Waals surface area (Å²) in [6, 6.07) is 14.8. The zero-order valence-corrected chi connectivity index (χ0v) is 16.0. The van der Waals surface area contributed by atoms with Crippen molar-refractivity contribution in [3.63, 3.8) is 0 Å². The number of rotatable bonds is 6. The number of benzene rings is 2. The van der Waals surface area contributed by atoms with Gasteiger partial charge in [-0.3, -0.25) is 9.59 Å². The van der Waals surface area contributed by atoms with Crippen LogP contribution in [-0.2, 0) is 4.79 Å². The predicted molar refractivity (Wildman–Crippen MR) is 108 cm³/mol. The smallest absolute Gasteiger partial charge is 0.252 e. The third kappa shape index (κ3) is 3.63. The molecule has 2 amide bonds. The van der Waals surface area contributed by atoms with Gasteiger partial charge in [0.2, 0.25) is 5.91 Å². The number of aromatic amines is 1. The zero-order valence-electron chi connectivity index (χ0n) is 16.0. The number of hydrogen-bond acceptors (Lipinski definition) is 3. The van der Waals surface area contributed by atoms with E-state index < -0.39 is 0 Å². The molecule has 0 saturated carbocycles. The Hall–Kier alpha value is -3.15. The van der Waals surface area contributed by atoms with Gasteiger partial charge in [0.05, 0.1) is 29.5 Å². The van der Waals surface area contributed by atoms with Crippen molar-refractivity contribution in [2.24, 2.45) is 5.92 Å². The summed E-state index contributed by atoms with van der Waals surface area (Å²) in [6.07, 6.45) is 0.983. The van der Waals surface area contributed by atoms with Gasteiger partial charge in [-0.25, -0.2) is 4.98 Å². The Morgan fingerprint density at radius 3 is 2.68 bits per heavy atom. The molecular formula is C22H24N4O2. The molecule has 0 radical (unpaired) electrons. The molecule has 0 aliphatic carbocycles. The van der Waals surface area contributed by atoms with Gasteiger partial charge in [-0.15, -0.1) is 0 Å². The Labute approximate surface area is 163 Å². The van der Waals surface area contributed by atoms with E-state index in [0.29, 0.717) is 11.5 Å². The van der Waals surface area contributed by atoms with Gasteiger partial charge in [0, 0.05) is 5.56 Å². The highest BCUT2D eigenvalue weighted by atomic mass is 16.2. The molecule has 4 rings (SSSR count). The van der Waals surface area contributed by atoms with Crippen LogP contribution in [0.1, 0.15) is 60.5 Å². The van der Waals surface area contributed by atoms with Crippen molar-refractivity contribution < 1.29 is 9.59 Å². The van der Waals surface area contributed by atoms with Crippen molar-refractivity contribution in [1.82, 2.24) is 20.6 Å². The number of carbonyl (C=O) groups is 2. The quantitative estimate of drug-likeness (QED) is 0.614. The number of aromatic nitrogens is 2. The van der Waals surface area contributed by atoms with Crippen molar-refractivity contribution >= 4 is 22.8 Å². The molecule has 1 aliphatic heterocycles. The van der Waals surface area contributed by atoms with Crippen molar-refractivity contribution in [1.29, 1.82) is 0 Å². The van der Waals surface area contributed by atoms with E-state index >= 15 is 0 Å². The summed E-state index contributed by atoms with van der Waals surface area (Å²) in [7, 11) is 0. The van der Waals surface area contributed by atoms with Crippen LogP contribution < -0.4 is 10.6 Å². The predicted octanol–water partition coefficient (Wildman–Crippen LogP) is 3.64. The SMILES string of the molecule is CC(C)CC(NC(=O)CC1NC(=O)c2ccccc21)c1nc2ccccc2[nH]1. The number of carbonyl (C=O) groups excluding carboxylic acids is 2. The molecule has 144 valence electrons. The molecule has 28 heavy (non-hydrogen) atoms. The molecule has 3 aromatic rings. The Bertz CT molecular complexity index is 991. The number of hydrogen-bond donors (Lipinski definition) is 3. The van der Waals surface area contributed by atoms with Gasteiger partial charge in [-0.1, -0.05) is 44.2 Å². The lowest BCUT2D eigenvalue weighted by atomic mass is 10.0. The molecule has 6 nitrogen and oxygen atoms in total. The lowest BCUT2D eigenvalue weighted by Gasteiger charge is -2.20. The van der Waals surface area contributed by atoms with E-state index in [9.17, 15) is 9.59 Å². The van der Waals surface area contributed by atoms with E-state index in [-0.39, 0.29) is 30.3 Å². The number of nitrogens with one attached hydrogen (secondary N) is 3. The molecule has 0 fully saturated rings. The first-order chi connectivity index (χ1) is 13.5. The van der Waals surface area contributed by atoms with Crippen LogP contribution in [0.3, 0.4) is 0 Å². The van der Waals surface area contributed by atoms with Gasteiger partial charge < -0.3 is 15.6 Å². The third-order valence-electron chi connectivity index (χ3n) is 5.06. The van der Waals surface area contributed by atoms with Gasteiger partial charge in [0.15, 0.2) is 0 Å². The van der Waals surface area contributed by atoms with E-state index in [2.05, 4.69) is 34.4 Å². The number of amides is 2.